The lowest BCUT2D eigenvalue weighted by atomic mass is 9.99. The average molecular weight is 438 g/mol. The third-order valence-electron chi connectivity index (χ3n) is 5.32. The number of fused-ring (bicyclic) bond motifs is 1. The summed E-state index contributed by atoms with van der Waals surface area (Å²) in [4.78, 5) is 8.40. The van der Waals surface area contributed by atoms with Gasteiger partial charge in [-0.15, -0.1) is 0 Å². The topological polar surface area (TPSA) is 113 Å². The van der Waals surface area contributed by atoms with Gasteiger partial charge in [0, 0.05) is 13.2 Å². The molecule has 1 aliphatic carbocycles. The van der Waals surface area contributed by atoms with Crippen LogP contribution in [0.2, 0.25) is 0 Å². The monoisotopic (exact) mass is 438 g/mol. The van der Waals surface area contributed by atoms with Crippen LogP contribution >= 0.6 is 0 Å². The average Bonchev–Trinajstić information content (AvgIpc) is 3.45. The number of rotatable bonds is 4. The number of allylic oxidation sites excluding steroid dienone is 1. The highest BCUT2D eigenvalue weighted by molar-refractivity contribution is 7.91. The molecular formula is C18H17F3N6O2S. The van der Waals surface area contributed by atoms with Gasteiger partial charge in [-0.2, -0.15) is 18.4 Å². The number of imidazole rings is 1. The number of aromatic nitrogens is 3. The molecule has 0 spiro atoms. The molecule has 0 unspecified atom stereocenters. The maximum absolute atomic E-state index is 13.0. The standard InChI is InChI=1S/C18H17F3N6O2S/c1-3-30(28,29)12-6-10(17(9-22)4-5-17)8-23-14(12)16-24-11-7-13(18(19,20)21)25-26-15(11)27(16)2/h6-8,25-26H,3-5H2,1-2H3. The van der Waals surface area contributed by atoms with Crippen molar-refractivity contribution in [3.63, 3.8) is 0 Å². The minimum Gasteiger partial charge on any atom is -0.311 e. The molecule has 2 aromatic rings. The van der Waals surface area contributed by atoms with Gasteiger partial charge in [-0.3, -0.25) is 15.8 Å². The number of hydrazine groups is 1. The van der Waals surface area contributed by atoms with Crippen molar-refractivity contribution in [3.05, 3.63) is 29.2 Å². The molecule has 4 rings (SSSR count). The minimum absolute atomic E-state index is 0.0000130. The van der Waals surface area contributed by atoms with Crippen LogP contribution in [0.5, 0.6) is 0 Å². The molecule has 8 nitrogen and oxygen atoms in total. The summed E-state index contributed by atoms with van der Waals surface area (Å²) >= 11 is 0. The Morgan fingerprint density at radius 1 is 1.33 bits per heavy atom. The largest absolute Gasteiger partial charge is 0.432 e. The second-order valence-corrected chi connectivity index (χ2v) is 9.45. The van der Waals surface area contributed by atoms with E-state index < -0.39 is 27.1 Å². The van der Waals surface area contributed by atoms with Gasteiger partial charge in [0.05, 0.1) is 22.1 Å². The van der Waals surface area contributed by atoms with E-state index in [1.165, 1.54) is 30.8 Å². The zero-order chi connectivity index (χ0) is 21.9. The number of nitrogens with zero attached hydrogens (tertiary/aromatic N) is 4. The summed E-state index contributed by atoms with van der Waals surface area (Å²) in [6, 6.07) is 3.64. The van der Waals surface area contributed by atoms with E-state index in [1.807, 2.05) is 0 Å². The number of pyridine rings is 1. The van der Waals surface area contributed by atoms with E-state index in [4.69, 9.17) is 0 Å². The van der Waals surface area contributed by atoms with E-state index in [0.717, 1.165) is 6.08 Å². The highest BCUT2D eigenvalue weighted by Gasteiger charge is 2.46. The molecule has 0 saturated heterocycles. The van der Waals surface area contributed by atoms with Gasteiger partial charge in [-0.05, 0) is 30.5 Å². The van der Waals surface area contributed by atoms with Crippen LogP contribution < -0.4 is 10.9 Å². The molecule has 2 aliphatic rings. The maximum atomic E-state index is 13.0. The van der Waals surface area contributed by atoms with Gasteiger partial charge in [0.1, 0.15) is 17.1 Å². The van der Waals surface area contributed by atoms with Crippen molar-refractivity contribution < 1.29 is 21.6 Å². The number of hydrogen-bond donors (Lipinski definition) is 2. The first-order chi connectivity index (χ1) is 14.0. The highest BCUT2D eigenvalue weighted by atomic mass is 32.2. The Hall–Kier alpha value is -3.07. The van der Waals surface area contributed by atoms with Crippen molar-refractivity contribution in [2.24, 2.45) is 7.05 Å². The second kappa shape index (κ2) is 6.46. The molecule has 1 fully saturated rings. The maximum Gasteiger partial charge on any atom is 0.432 e. The van der Waals surface area contributed by atoms with E-state index in [-0.39, 0.29) is 33.7 Å². The smallest absolute Gasteiger partial charge is 0.311 e. The summed E-state index contributed by atoms with van der Waals surface area (Å²) in [5.41, 5.74) is 3.30. The molecular weight excluding hydrogens is 421 g/mol. The summed E-state index contributed by atoms with van der Waals surface area (Å²) in [5, 5.41) is 9.44. The molecule has 0 amide bonds. The molecule has 2 aromatic heterocycles. The molecule has 12 heteroatoms. The third-order valence-corrected chi connectivity index (χ3v) is 7.06. The number of nitrogens with one attached hydrogen (secondary N) is 2. The first-order valence-corrected chi connectivity index (χ1v) is 10.7. The normalized spacial score (nSPS) is 17.3. The van der Waals surface area contributed by atoms with Gasteiger partial charge in [0.25, 0.3) is 0 Å². The van der Waals surface area contributed by atoms with Crippen LogP contribution in [-0.4, -0.2) is 34.9 Å². The highest BCUT2D eigenvalue weighted by Crippen LogP contribution is 2.48. The lowest BCUT2D eigenvalue weighted by molar-refractivity contribution is -0.0951. The molecule has 0 aromatic carbocycles. The van der Waals surface area contributed by atoms with Crippen LogP contribution in [0.15, 0.2) is 22.9 Å². The SMILES string of the molecule is CCS(=O)(=O)c1cc(C2(C#N)CC2)cnc1-c1nc2c(n1C)NNC(C(F)(F)F)=C2. The van der Waals surface area contributed by atoms with Crippen LogP contribution in [0.3, 0.4) is 0 Å². The Labute approximate surface area is 170 Å². The van der Waals surface area contributed by atoms with E-state index in [9.17, 15) is 26.9 Å². The van der Waals surface area contributed by atoms with Gasteiger partial charge in [-0.25, -0.2) is 13.4 Å². The summed E-state index contributed by atoms with van der Waals surface area (Å²) in [7, 11) is -2.21. The van der Waals surface area contributed by atoms with Crippen molar-refractivity contribution in [2.75, 3.05) is 11.2 Å². The molecule has 2 N–H and O–H groups in total. The molecule has 158 valence electrons. The fourth-order valence-corrected chi connectivity index (χ4v) is 4.35. The van der Waals surface area contributed by atoms with Crippen LogP contribution in [0.1, 0.15) is 31.0 Å². The Morgan fingerprint density at radius 3 is 2.60 bits per heavy atom. The van der Waals surface area contributed by atoms with Crippen LogP contribution in [-0.2, 0) is 22.3 Å². The molecule has 0 radical (unpaired) electrons. The van der Waals surface area contributed by atoms with Crippen molar-refractivity contribution in [1.29, 1.82) is 5.26 Å². The minimum atomic E-state index is -4.60. The first-order valence-electron chi connectivity index (χ1n) is 9.05. The van der Waals surface area contributed by atoms with Gasteiger partial charge in [-0.1, -0.05) is 6.92 Å². The fraction of sp³-hybridized carbons (Fsp3) is 0.389. The predicted molar refractivity (Wildman–Crippen MR) is 101 cm³/mol. The quantitative estimate of drug-likeness (QED) is 0.755. The first kappa shape index (κ1) is 20.2. The number of nitriles is 1. The van der Waals surface area contributed by atoms with E-state index in [1.54, 1.807) is 0 Å². The number of anilines is 1. The van der Waals surface area contributed by atoms with Crippen molar-refractivity contribution in [3.8, 4) is 17.6 Å². The van der Waals surface area contributed by atoms with Gasteiger partial charge < -0.3 is 4.57 Å². The zero-order valence-corrected chi connectivity index (χ0v) is 16.8. The number of sulfone groups is 1. The summed E-state index contributed by atoms with van der Waals surface area (Å²) < 4.78 is 66.0. The van der Waals surface area contributed by atoms with Crippen LogP contribution in [0.25, 0.3) is 17.6 Å². The lowest BCUT2D eigenvalue weighted by Gasteiger charge is -2.20. The Balaban J connectivity index is 1.89. The lowest BCUT2D eigenvalue weighted by Crippen LogP contribution is -2.33. The van der Waals surface area contributed by atoms with Crippen LogP contribution in [0.4, 0.5) is 19.0 Å². The van der Waals surface area contributed by atoms with E-state index in [2.05, 4.69) is 26.9 Å². The number of hydrogen-bond acceptors (Lipinski definition) is 7. The summed E-state index contributed by atoms with van der Waals surface area (Å²) in [6.45, 7) is 1.48. The predicted octanol–water partition coefficient (Wildman–Crippen LogP) is 2.66. The molecule has 0 atom stereocenters. The number of alkyl halides is 3. The molecule has 1 aliphatic heterocycles. The van der Waals surface area contributed by atoms with Gasteiger partial charge in [0.2, 0.25) is 0 Å². The van der Waals surface area contributed by atoms with E-state index in [0.29, 0.717) is 18.4 Å². The van der Waals surface area contributed by atoms with Crippen molar-refractivity contribution >= 4 is 21.7 Å². The van der Waals surface area contributed by atoms with Crippen molar-refractivity contribution in [1.82, 2.24) is 20.0 Å². The zero-order valence-electron chi connectivity index (χ0n) is 16.0. The summed E-state index contributed by atoms with van der Waals surface area (Å²) in [6.07, 6.45) is -1.08. The Morgan fingerprint density at radius 2 is 2.03 bits per heavy atom. The second-order valence-electron chi connectivity index (χ2n) is 7.20. The van der Waals surface area contributed by atoms with Gasteiger partial charge >= 0.3 is 6.18 Å². The summed E-state index contributed by atoms with van der Waals surface area (Å²) in [5.74, 6) is 0.126. The Kier molecular flexibility index (Phi) is 4.36. The fourth-order valence-electron chi connectivity index (χ4n) is 3.29. The van der Waals surface area contributed by atoms with E-state index >= 15 is 0 Å². The molecule has 1 saturated carbocycles. The van der Waals surface area contributed by atoms with Gasteiger partial charge in [0.15, 0.2) is 21.5 Å². The molecule has 30 heavy (non-hydrogen) atoms. The van der Waals surface area contributed by atoms with Crippen LogP contribution in [0, 0.1) is 11.3 Å². The Bertz CT molecular complexity index is 1220. The third kappa shape index (κ3) is 3.09. The van der Waals surface area contributed by atoms with Crippen molar-refractivity contribution in [2.45, 2.75) is 36.3 Å². The number of halogens is 3. The molecule has 3 heterocycles. The molecule has 0 bridgehead atoms.